The van der Waals surface area contributed by atoms with Crippen LogP contribution in [0, 0.1) is 0 Å². The van der Waals surface area contributed by atoms with Crippen molar-refractivity contribution in [3.8, 4) is 11.5 Å². The summed E-state index contributed by atoms with van der Waals surface area (Å²) < 4.78 is 0.497. The average molecular weight is 392 g/mol. The Bertz CT molecular complexity index is 808. The maximum Gasteiger partial charge on any atom is 0.133 e. The van der Waals surface area contributed by atoms with Crippen LogP contribution in [0.15, 0.2) is 62.1 Å². The van der Waals surface area contributed by atoms with Crippen molar-refractivity contribution in [3.05, 3.63) is 57.7 Å². The Morgan fingerprint density at radius 2 is 2.00 bits per heavy atom. The third-order valence-electron chi connectivity index (χ3n) is 3.33. The summed E-state index contributed by atoms with van der Waals surface area (Å²) in [4.78, 5) is 3.28. The van der Waals surface area contributed by atoms with Gasteiger partial charge in [0, 0.05) is 23.6 Å². The van der Waals surface area contributed by atoms with E-state index in [1.165, 1.54) is 17.2 Å². The van der Waals surface area contributed by atoms with Crippen molar-refractivity contribution in [1.29, 1.82) is 0 Å². The Morgan fingerprint density at radius 1 is 1.22 bits per heavy atom. The molecular formula is C16H14BrN3O2S. The number of thioether (sulfide) groups is 1. The number of benzene rings is 2. The fourth-order valence-electron chi connectivity index (χ4n) is 2.12. The van der Waals surface area contributed by atoms with Gasteiger partial charge in [0.15, 0.2) is 0 Å². The number of aromatic hydroxyl groups is 2. The second kappa shape index (κ2) is 6.55. The van der Waals surface area contributed by atoms with E-state index in [4.69, 9.17) is 0 Å². The molecule has 5 nitrogen and oxygen atoms in total. The summed E-state index contributed by atoms with van der Waals surface area (Å²) in [6, 6.07) is 11.0. The van der Waals surface area contributed by atoms with Crippen LogP contribution in [0.25, 0.3) is 0 Å². The monoisotopic (exact) mass is 391 g/mol. The van der Waals surface area contributed by atoms with Crippen molar-refractivity contribution in [2.75, 3.05) is 11.9 Å². The number of nitrogens with one attached hydrogen (secondary N) is 1. The minimum absolute atomic E-state index is 0.0172. The molecule has 0 bridgehead atoms. The molecule has 0 saturated heterocycles. The van der Waals surface area contributed by atoms with Crippen molar-refractivity contribution in [1.82, 2.24) is 5.43 Å². The number of anilines is 1. The molecule has 0 amide bonds. The fourth-order valence-corrected chi connectivity index (χ4v) is 3.51. The van der Waals surface area contributed by atoms with Crippen LogP contribution >= 0.6 is 27.7 Å². The number of rotatable bonds is 3. The fraction of sp³-hybridized carbons (Fsp3) is 0.0625. The van der Waals surface area contributed by atoms with Crippen LogP contribution in [-0.2, 0) is 0 Å². The molecule has 2 aromatic rings. The molecule has 1 heterocycles. The standard InChI is InChI=1S/C16H14BrN3O2S/c1-20-12-4-2-3-5-15(12)23-16(20)9-19-18-8-10-6-11(17)14(22)7-13(10)21/h2-9,19,21-22H,1H3/b16-9-,18-8+. The first-order valence-electron chi connectivity index (χ1n) is 6.77. The Kier molecular flexibility index (Phi) is 4.49. The van der Waals surface area contributed by atoms with E-state index in [9.17, 15) is 10.2 Å². The first-order chi connectivity index (χ1) is 11.1. The highest BCUT2D eigenvalue weighted by Crippen LogP contribution is 2.44. The van der Waals surface area contributed by atoms with E-state index >= 15 is 0 Å². The van der Waals surface area contributed by atoms with Gasteiger partial charge in [-0.25, -0.2) is 0 Å². The number of phenolic OH excluding ortho intramolecular Hbond substituents is 2. The number of hydrazone groups is 1. The normalized spacial score (nSPS) is 15.4. The molecule has 118 valence electrons. The van der Waals surface area contributed by atoms with Crippen LogP contribution in [0.2, 0.25) is 0 Å². The SMILES string of the molecule is CN1/C(=C/N/N=C/c2cc(Br)c(O)cc2O)Sc2ccccc21. The lowest BCUT2D eigenvalue weighted by Gasteiger charge is -2.12. The summed E-state index contributed by atoms with van der Waals surface area (Å²) in [5, 5.41) is 24.3. The van der Waals surface area contributed by atoms with Gasteiger partial charge in [0.1, 0.15) is 11.5 Å². The molecule has 23 heavy (non-hydrogen) atoms. The lowest BCUT2D eigenvalue weighted by atomic mass is 10.2. The highest BCUT2D eigenvalue weighted by molar-refractivity contribution is 9.10. The molecular weight excluding hydrogens is 378 g/mol. The zero-order chi connectivity index (χ0) is 16.4. The molecule has 0 spiro atoms. The van der Waals surface area contributed by atoms with E-state index < -0.39 is 0 Å². The second-order valence-corrected chi connectivity index (χ2v) is 6.78. The van der Waals surface area contributed by atoms with Gasteiger partial charge < -0.3 is 15.1 Å². The van der Waals surface area contributed by atoms with Gasteiger partial charge in [0.25, 0.3) is 0 Å². The summed E-state index contributed by atoms with van der Waals surface area (Å²) in [5.74, 6) is -0.0554. The van der Waals surface area contributed by atoms with Crippen molar-refractivity contribution in [2.45, 2.75) is 4.90 Å². The van der Waals surface area contributed by atoms with Gasteiger partial charge in [-0.15, -0.1) is 0 Å². The maximum atomic E-state index is 9.76. The maximum absolute atomic E-state index is 9.76. The van der Waals surface area contributed by atoms with Crippen LogP contribution in [-0.4, -0.2) is 23.5 Å². The Balaban J connectivity index is 1.69. The van der Waals surface area contributed by atoms with Crippen molar-refractivity contribution in [3.63, 3.8) is 0 Å². The van der Waals surface area contributed by atoms with Gasteiger partial charge >= 0.3 is 0 Å². The molecule has 0 fully saturated rings. The molecule has 0 unspecified atom stereocenters. The number of nitrogens with zero attached hydrogens (tertiary/aromatic N) is 2. The summed E-state index contributed by atoms with van der Waals surface area (Å²) >= 11 is 4.86. The number of fused-ring (bicyclic) bond motifs is 1. The van der Waals surface area contributed by atoms with Gasteiger partial charge in [-0.3, -0.25) is 5.43 Å². The number of hydrogen-bond acceptors (Lipinski definition) is 6. The van der Waals surface area contributed by atoms with Crippen LogP contribution in [0.3, 0.4) is 0 Å². The molecule has 0 aromatic heterocycles. The van der Waals surface area contributed by atoms with Crippen molar-refractivity contribution in [2.24, 2.45) is 5.10 Å². The minimum atomic E-state index is -0.0383. The summed E-state index contributed by atoms with van der Waals surface area (Å²) in [7, 11) is 2.00. The molecule has 0 aliphatic carbocycles. The minimum Gasteiger partial charge on any atom is -0.507 e. The van der Waals surface area contributed by atoms with E-state index in [0.29, 0.717) is 10.0 Å². The van der Waals surface area contributed by atoms with Gasteiger partial charge in [0.2, 0.25) is 0 Å². The summed E-state index contributed by atoms with van der Waals surface area (Å²) in [6.07, 6.45) is 3.29. The smallest absolute Gasteiger partial charge is 0.133 e. The Morgan fingerprint density at radius 3 is 2.78 bits per heavy atom. The van der Waals surface area contributed by atoms with E-state index in [1.807, 2.05) is 19.2 Å². The molecule has 0 atom stereocenters. The third-order valence-corrected chi connectivity index (χ3v) is 5.14. The summed E-state index contributed by atoms with van der Waals surface area (Å²) in [5.41, 5.74) is 4.52. The molecule has 3 N–H and O–H groups in total. The number of para-hydroxylation sites is 1. The van der Waals surface area contributed by atoms with Crippen LogP contribution in [0.4, 0.5) is 5.69 Å². The zero-order valence-corrected chi connectivity index (χ0v) is 14.6. The quantitative estimate of drug-likeness (QED) is 0.547. The topological polar surface area (TPSA) is 68.1 Å². The lowest BCUT2D eigenvalue weighted by molar-refractivity contribution is 0.448. The molecule has 1 aliphatic heterocycles. The van der Waals surface area contributed by atoms with Gasteiger partial charge in [-0.05, 0) is 34.1 Å². The number of phenols is 2. The van der Waals surface area contributed by atoms with E-state index in [2.05, 4.69) is 43.5 Å². The largest absolute Gasteiger partial charge is 0.507 e. The third kappa shape index (κ3) is 3.30. The highest BCUT2D eigenvalue weighted by Gasteiger charge is 2.20. The average Bonchev–Trinajstić information content (AvgIpc) is 2.85. The predicted octanol–water partition coefficient (Wildman–Crippen LogP) is 3.82. The van der Waals surface area contributed by atoms with Gasteiger partial charge in [-0.1, -0.05) is 23.9 Å². The van der Waals surface area contributed by atoms with E-state index in [1.54, 1.807) is 24.0 Å². The van der Waals surface area contributed by atoms with E-state index in [0.717, 1.165) is 10.7 Å². The van der Waals surface area contributed by atoms with Crippen LogP contribution < -0.4 is 10.3 Å². The highest BCUT2D eigenvalue weighted by atomic mass is 79.9. The molecule has 0 radical (unpaired) electrons. The van der Waals surface area contributed by atoms with Crippen molar-refractivity contribution >= 4 is 39.6 Å². The number of hydrogen-bond donors (Lipinski definition) is 3. The molecule has 0 saturated carbocycles. The molecule has 3 rings (SSSR count). The van der Waals surface area contributed by atoms with E-state index in [-0.39, 0.29) is 11.5 Å². The first-order valence-corrected chi connectivity index (χ1v) is 8.38. The van der Waals surface area contributed by atoms with Gasteiger partial charge in [-0.2, -0.15) is 5.10 Å². The zero-order valence-electron chi connectivity index (χ0n) is 12.2. The van der Waals surface area contributed by atoms with Crippen LogP contribution in [0.1, 0.15) is 5.56 Å². The Labute approximate surface area is 146 Å². The summed E-state index contributed by atoms with van der Waals surface area (Å²) in [6.45, 7) is 0. The van der Waals surface area contributed by atoms with Gasteiger partial charge in [0.05, 0.1) is 27.6 Å². The molecule has 1 aliphatic rings. The predicted molar refractivity (Wildman–Crippen MR) is 97.0 cm³/mol. The molecule has 7 heteroatoms. The molecule has 2 aromatic carbocycles. The Hall–Kier alpha value is -2.12. The second-order valence-electron chi connectivity index (χ2n) is 4.86. The lowest BCUT2D eigenvalue weighted by Crippen LogP contribution is -2.11. The van der Waals surface area contributed by atoms with Crippen molar-refractivity contribution < 1.29 is 10.2 Å². The number of halogens is 1. The van der Waals surface area contributed by atoms with Crippen LogP contribution in [0.5, 0.6) is 11.5 Å². The first kappa shape index (κ1) is 15.8.